The van der Waals surface area contributed by atoms with Crippen LogP contribution in [-0.4, -0.2) is 22.1 Å². The van der Waals surface area contributed by atoms with Crippen molar-refractivity contribution in [3.63, 3.8) is 0 Å². The number of aromatic nitrogens is 2. The highest BCUT2D eigenvalue weighted by molar-refractivity contribution is 5.95. The Balaban J connectivity index is 1.57. The molecule has 0 aliphatic rings. The maximum absolute atomic E-state index is 12.9. The quantitative estimate of drug-likeness (QED) is 0.422. The van der Waals surface area contributed by atoms with Gasteiger partial charge in [-0.25, -0.2) is 4.98 Å². The molecule has 3 aromatic carbocycles. The van der Waals surface area contributed by atoms with Gasteiger partial charge >= 0.3 is 0 Å². The molecular weight excluding hydrogens is 398 g/mol. The number of carbonyl (C=O) groups is 1. The molecule has 0 aliphatic carbocycles. The van der Waals surface area contributed by atoms with Crippen molar-refractivity contribution in [3.8, 4) is 5.75 Å². The van der Waals surface area contributed by atoms with E-state index in [1.807, 2.05) is 62.4 Å². The van der Waals surface area contributed by atoms with Crippen LogP contribution in [0.3, 0.4) is 0 Å². The van der Waals surface area contributed by atoms with Gasteiger partial charge in [-0.1, -0.05) is 48.5 Å². The molecule has 0 spiro atoms. The summed E-state index contributed by atoms with van der Waals surface area (Å²) in [7, 11) is 0. The summed E-state index contributed by atoms with van der Waals surface area (Å²) in [4.78, 5) is 17.7. The fourth-order valence-corrected chi connectivity index (χ4v) is 4.09. The summed E-state index contributed by atoms with van der Waals surface area (Å²) in [5.41, 5.74) is 5.82. The lowest BCUT2D eigenvalue weighted by Gasteiger charge is -2.18. The van der Waals surface area contributed by atoms with E-state index < -0.39 is 0 Å². The van der Waals surface area contributed by atoms with Crippen molar-refractivity contribution in [1.29, 1.82) is 0 Å². The van der Waals surface area contributed by atoms with Crippen molar-refractivity contribution in [2.24, 2.45) is 0 Å². The number of hydrogen-bond acceptors (Lipinski definition) is 3. The maximum Gasteiger partial charge on any atom is 0.252 e. The minimum atomic E-state index is -0.255. The van der Waals surface area contributed by atoms with E-state index >= 15 is 0 Å². The second kappa shape index (κ2) is 9.27. The van der Waals surface area contributed by atoms with Gasteiger partial charge in [0.15, 0.2) is 0 Å². The molecule has 1 unspecified atom stereocenters. The van der Waals surface area contributed by atoms with Gasteiger partial charge in [-0.2, -0.15) is 0 Å². The minimum Gasteiger partial charge on any atom is -0.491 e. The number of para-hydroxylation sites is 3. The van der Waals surface area contributed by atoms with E-state index in [0.717, 1.165) is 39.3 Å². The van der Waals surface area contributed by atoms with Crippen LogP contribution in [0.2, 0.25) is 0 Å². The summed E-state index contributed by atoms with van der Waals surface area (Å²) in [6, 6.07) is 21.6. The van der Waals surface area contributed by atoms with Crippen molar-refractivity contribution in [2.75, 3.05) is 6.61 Å². The van der Waals surface area contributed by atoms with E-state index in [1.54, 1.807) is 0 Å². The van der Waals surface area contributed by atoms with Gasteiger partial charge < -0.3 is 14.6 Å². The molecule has 1 amide bonds. The number of nitrogens with zero attached hydrogens (tertiary/aromatic N) is 2. The fourth-order valence-electron chi connectivity index (χ4n) is 4.09. The zero-order chi connectivity index (χ0) is 22.7. The number of ether oxygens (including phenoxy) is 1. The molecule has 0 bridgehead atoms. The van der Waals surface area contributed by atoms with Gasteiger partial charge in [0, 0.05) is 5.56 Å². The first-order valence-corrected chi connectivity index (χ1v) is 11.0. The summed E-state index contributed by atoms with van der Waals surface area (Å²) in [6.07, 6.45) is 0. The predicted octanol–water partition coefficient (Wildman–Crippen LogP) is 5.53. The normalized spacial score (nSPS) is 12.0. The standard InChI is InChI=1S/C27H29N3O2/c1-18-10-5-6-13-22(18)27(31)28-21(4)26-29-23-14-7-8-15-24(23)30(26)16-17-32-25-19(2)11-9-12-20(25)3/h5-15,21H,16-17H2,1-4H3,(H,28,31). The first-order valence-electron chi connectivity index (χ1n) is 11.0. The number of fused-ring (bicyclic) bond motifs is 1. The van der Waals surface area contributed by atoms with Crippen LogP contribution in [-0.2, 0) is 6.54 Å². The zero-order valence-electron chi connectivity index (χ0n) is 19.1. The molecule has 1 aromatic heterocycles. The van der Waals surface area contributed by atoms with E-state index in [4.69, 9.17) is 9.72 Å². The predicted molar refractivity (Wildman–Crippen MR) is 128 cm³/mol. The summed E-state index contributed by atoms with van der Waals surface area (Å²) in [6.45, 7) is 9.18. The van der Waals surface area contributed by atoms with Crippen molar-refractivity contribution >= 4 is 16.9 Å². The summed E-state index contributed by atoms with van der Waals surface area (Å²) >= 11 is 0. The van der Waals surface area contributed by atoms with E-state index in [1.165, 1.54) is 0 Å². The average molecular weight is 428 g/mol. The minimum absolute atomic E-state index is 0.0963. The Bertz CT molecular complexity index is 1240. The van der Waals surface area contributed by atoms with Crippen molar-refractivity contribution in [3.05, 3.63) is 94.8 Å². The molecule has 0 fully saturated rings. The SMILES string of the molecule is Cc1ccccc1C(=O)NC(C)c1nc2ccccc2n1CCOc1c(C)cccc1C. The van der Waals surface area contributed by atoms with Crippen LogP contribution < -0.4 is 10.1 Å². The first kappa shape index (κ1) is 21.6. The Hall–Kier alpha value is -3.60. The number of amides is 1. The molecule has 164 valence electrons. The smallest absolute Gasteiger partial charge is 0.252 e. The van der Waals surface area contributed by atoms with Crippen LogP contribution in [0, 0.1) is 20.8 Å². The monoisotopic (exact) mass is 427 g/mol. The van der Waals surface area contributed by atoms with E-state index in [9.17, 15) is 4.79 Å². The Kier molecular flexibility index (Phi) is 6.26. The molecule has 0 aliphatic heterocycles. The lowest BCUT2D eigenvalue weighted by molar-refractivity contribution is 0.0937. The highest BCUT2D eigenvalue weighted by Crippen LogP contribution is 2.24. The van der Waals surface area contributed by atoms with Crippen LogP contribution in [0.4, 0.5) is 0 Å². The van der Waals surface area contributed by atoms with Crippen LogP contribution in [0.25, 0.3) is 11.0 Å². The highest BCUT2D eigenvalue weighted by atomic mass is 16.5. The molecule has 1 N–H and O–H groups in total. The van der Waals surface area contributed by atoms with Crippen molar-refractivity contribution < 1.29 is 9.53 Å². The molecular formula is C27H29N3O2. The zero-order valence-corrected chi connectivity index (χ0v) is 19.1. The number of carbonyl (C=O) groups excluding carboxylic acids is 1. The average Bonchev–Trinajstić information content (AvgIpc) is 3.15. The van der Waals surface area contributed by atoms with Crippen LogP contribution in [0.5, 0.6) is 5.75 Å². The molecule has 32 heavy (non-hydrogen) atoms. The maximum atomic E-state index is 12.9. The molecule has 1 heterocycles. The van der Waals surface area contributed by atoms with Gasteiger partial charge in [0.2, 0.25) is 0 Å². The third-order valence-corrected chi connectivity index (χ3v) is 5.78. The number of rotatable bonds is 7. The van der Waals surface area contributed by atoms with E-state index in [0.29, 0.717) is 18.7 Å². The van der Waals surface area contributed by atoms with Gasteiger partial charge in [-0.05, 0) is 62.6 Å². The Morgan fingerprint density at radius 3 is 2.34 bits per heavy atom. The van der Waals surface area contributed by atoms with Crippen molar-refractivity contribution in [2.45, 2.75) is 40.3 Å². The van der Waals surface area contributed by atoms with Gasteiger partial charge in [0.25, 0.3) is 5.91 Å². The Morgan fingerprint density at radius 2 is 1.59 bits per heavy atom. The van der Waals surface area contributed by atoms with Gasteiger partial charge in [0.05, 0.1) is 23.6 Å². The fraction of sp³-hybridized carbons (Fsp3) is 0.259. The number of nitrogens with one attached hydrogen (secondary N) is 1. The number of hydrogen-bond donors (Lipinski definition) is 1. The van der Waals surface area contributed by atoms with Crippen LogP contribution >= 0.6 is 0 Å². The summed E-state index contributed by atoms with van der Waals surface area (Å²) in [5.74, 6) is 1.65. The third-order valence-electron chi connectivity index (χ3n) is 5.78. The number of benzene rings is 3. The molecule has 4 rings (SSSR count). The second-order valence-corrected chi connectivity index (χ2v) is 8.19. The molecule has 5 nitrogen and oxygen atoms in total. The Morgan fingerprint density at radius 1 is 0.938 bits per heavy atom. The topological polar surface area (TPSA) is 56.2 Å². The van der Waals surface area contributed by atoms with Crippen LogP contribution in [0.1, 0.15) is 45.8 Å². The molecule has 5 heteroatoms. The summed E-state index contributed by atoms with van der Waals surface area (Å²) in [5, 5.41) is 3.12. The first-order chi connectivity index (χ1) is 15.5. The van der Waals surface area contributed by atoms with E-state index in [2.05, 4.69) is 41.9 Å². The largest absolute Gasteiger partial charge is 0.491 e. The molecule has 0 saturated heterocycles. The third kappa shape index (κ3) is 4.37. The van der Waals surface area contributed by atoms with E-state index in [-0.39, 0.29) is 11.9 Å². The van der Waals surface area contributed by atoms with Gasteiger partial charge in [-0.15, -0.1) is 0 Å². The molecule has 0 saturated carbocycles. The highest BCUT2D eigenvalue weighted by Gasteiger charge is 2.20. The lowest BCUT2D eigenvalue weighted by atomic mass is 10.1. The van der Waals surface area contributed by atoms with Gasteiger partial charge in [0.1, 0.15) is 18.2 Å². The number of aryl methyl sites for hydroxylation is 3. The van der Waals surface area contributed by atoms with Crippen molar-refractivity contribution in [1.82, 2.24) is 14.9 Å². The summed E-state index contributed by atoms with van der Waals surface area (Å²) < 4.78 is 8.30. The number of imidazole rings is 1. The van der Waals surface area contributed by atoms with Gasteiger partial charge in [-0.3, -0.25) is 4.79 Å². The lowest BCUT2D eigenvalue weighted by Crippen LogP contribution is -2.29. The van der Waals surface area contributed by atoms with Crippen LogP contribution in [0.15, 0.2) is 66.7 Å². The molecule has 4 aromatic rings. The molecule has 0 radical (unpaired) electrons. The Labute approximate surface area is 189 Å². The second-order valence-electron chi connectivity index (χ2n) is 8.19. The molecule has 1 atom stereocenters.